The van der Waals surface area contributed by atoms with Crippen LogP contribution in [0.15, 0.2) is 30.3 Å². The Morgan fingerprint density at radius 2 is 2.00 bits per heavy atom. The zero-order chi connectivity index (χ0) is 9.68. The van der Waals surface area contributed by atoms with Crippen LogP contribution >= 0.6 is 12.6 Å². The van der Waals surface area contributed by atoms with Crippen molar-refractivity contribution in [2.24, 2.45) is 5.92 Å². The second-order valence-corrected chi connectivity index (χ2v) is 3.27. The van der Waals surface area contributed by atoms with Gasteiger partial charge in [0, 0.05) is 5.75 Å². The number of rotatable bonds is 4. The van der Waals surface area contributed by atoms with Crippen LogP contribution in [-0.2, 0) is 11.2 Å². The van der Waals surface area contributed by atoms with Crippen LogP contribution in [0.4, 0.5) is 0 Å². The summed E-state index contributed by atoms with van der Waals surface area (Å²) in [6.07, 6.45) is 0.555. The van der Waals surface area contributed by atoms with Crippen molar-refractivity contribution < 1.29 is 9.90 Å². The number of thiol groups is 1. The summed E-state index contributed by atoms with van der Waals surface area (Å²) in [6, 6.07) is 9.60. The highest BCUT2D eigenvalue weighted by Crippen LogP contribution is 2.10. The number of carbonyl (C=O) groups is 1. The molecule has 0 aliphatic carbocycles. The van der Waals surface area contributed by atoms with Crippen molar-refractivity contribution in [3.05, 3.63) is 35.9 Å². The van der Waals surface area contributed by atoms with Crippen LogP contribution in [0.3, 0.4) is 0 Å². The van der Waals surface area contributed by atoms with Crippen molar-refractivity contribution in [2.75, 3.05) is 5.75 Å². The molecule has 0 aromatic heterocycles. The van der Waals surface area contributed by atoms with Crippen LogP contribution < -0.4 is 0 Å². The fourth-order valence-electron chi connectivity index (χ4n) is 1.13. The molecule has 1 rings (SSSR count). The van der Waals surface area contributed by atoms with Gasteiger partial charge in [0.15, 0.2) is 0 Å². The first-order valence-electron chi connectivity index (χ1n) is 4.11. The molecule has 0 spiro atoms. The summed E-state index contributed by atoms with van der Waals surface area (Å²) in [5.41, 5.74) is 1.05. The van der Waals surface area contributed by atoms with Gasteiger partial charge < -0.3 is 5.11 Å². The topological polar surface area (TPSA) is 37.3 Å². The van der Waals surface area contributed by atoms with E-state index >= 15 is 0 Å². The molecule has 0 unspecified atom stereocenters. The Balaban J connectivity index is 2.62. The largest absolute Gasteiger partial charge is 0.481 e. The summed E-state index contributed by atoms with van der Waals surface area (Å²) >= 11 is 4.00. The third-order valence-corrected chi connectivity index (χ3v) is 2.34. The van der Waals surface area contributed by atoms with E-state index in [0.717, 1.165) is 5.56 Å². The summed E-state index contributed by atoms with van der Waals surface area (Å²) in [4.78, 5) is 10.7. The predicted octanol–water partition coefficient (Wildman–Crippen LogP) is 1.86. The third kappa shape index (κ3) is 3.11. The van der Waals surface area contributed by atoms with Gasteiger partial charge in [-0.25, -0.2) is 0 Å². The molecule has 0 heterocycles. The van der Waals surface area contributed by atoms with Crippen LogP contribution in [0.2, 0.25) is 0 Å². The maximum Gasteiger partial charge on any atom is 0.307 e. The van der Waals surface area contributed by atoms with E-state index < -0.39 is 5.97 Å². The van der Waals surface area contributed by atoms with E-state index in [0.29, 0.717) is 12.2 Å². The Kier molecular flexibility index (Phi) is 3.83. The molecule has 3 heteroatoms. The molecule has 0 aliphatic rings. The van der Waals surface area contributed by atoms with Gasteiger partial charge in [0.05, 0.1) is 5.92 Å². The SMILES string of the molecule is O=C(O)[C@H](CS)Cc1ccccc1. The van der Waals surface area contributed by atoms with E-state index in [1.54, 1.807) is 0 Å². The van der Waals surface area contributed by atoms with E-state index in [9.17, 15) is 4.79 Å². The monoisotopic (exact) mass is 196 g/mol. The fourth-order valence-corrected chi connectivity index (χ4v) is 1.41. The normalized spacial score (nSPS) is 12.4. The summed E-state index contributed by atoms with van der Waals surface area (Å²) in [5, 5.41) is 8.79. The predicted molar refractivity (Wildman–Crippen MR) is 55.1 cm³/mol. The molecule has 0 saturated heterocycles. The summed E-state index contributed by atoms with van der Waals surface area (Å²) in [7, 11) is 0. The molecule has 0 radical (unpaired) electrons. The maximum atomic E-state index is 10.7. The lowest BCUT2D eigenvalue weighted by atomic mass is 10.0. The molecule has 13 heavy (non-hydrogen) atoms. The van der Waals surface area contributed by atoms with Crippen molar-refractivity contribution in [2.45, 2.75) is 6.42 Å². The number of carboxylic acids is 1. The first-order chi connectivity index (χ1) is 6.24. The first kappa shape index (κ1) is 10.1. The zero-order valence-corrected chi connectivity index (χ0v) is 8.08. The lowest BCUT2D eigenvalue weighted by Crippen LogP contribution is -2.17. The first-order valence-corrected chi connectivity index (χ1v) is 4.75. The van der Waals surface area contributed by atoms with Crippen LogP contribution in [0.5, 0.6) is 0 Å². The van der Waals surface area contributed by atoms with Gasteiger partial charge in [-0.3, -0.25) is 4.79 Å². The smallest absolute Gasteiger partial charge is 0.307 e. The molecule has 1 aromatic rings. The molecule has 1 N–H and O–H groups in total. The summed E-state index contributed by atoms with van der Waals surface area (Å²) < 4.78 is 0. The second kappa shape index (κ2) is 4.92. The number of benzene rings is 1. The molecular weight excluding hydrogens is 184 g/mol. The highest BCUT2D eigenvalue weighted by Gasteiger charge is 2.15. The van der Waals surface area contributed by atoms with Crippen molar-refractivity contribution in [1.82, 2.24) is 0 Å². The highest BCUT2D eigenvalue weighted by atomic mass is 32.1. The molecule has 2 nitrogen and oxygen atoms in total. The van der Waals surface area contributed by atoms with Crippen molar-refractivity contribution in [3.63, 3.8) is 0 Å². The Labute approximate surface area is 83.0 Å². The number of carboxylic acid groups (broad SMARTS) is 1. The van der Waals surface area contributed by atoms with Crippen LogP contribution in [0.1, 0.15) is 5.56 Å². The fraction of sp³-hybridized carbons (Fsp3) is 0.300. The molecule has 1 atom stereocenters. The molecule has 0 fully saturated rings. The molecule has 0 saturated carbocycles. The summed E-state index contributed by atoms with van der Waals surface area (Å²) in [5.74, 6) is -0.783. The van der Waals surface area contributed by atoms with Gasteiger partial charge in [0.1, 0.15) is 0 Å². The average molecular weight is 196 g/mol. The minimum Gasteiger partial charge on any atom is -0.481 e. The molecular formula is C10H12O2S. The van der Waals surface area contributed by atoms with Crippen LogP contribution in [0.25, 0.3) is 0 Å². The van der Waals surface area contributed by atoms with Gasteiger partial charge in [-0.2, -0.15) is 12.6 Å². The Hall–Kier alpha value is -0.960. The van der Waals surface area contributed by atoms with Gasteiger partial charge in [-0.05, 0) is 12.0 Å². The Bertz CT molecular complexity index is 272. The van der Waals surface area contributed by atoms with Gasteiger partial charge in [0.2, 0.25) is 0 Å². The van der Waals surface area contributed by atoms with Crippen LogP contribution in [0, 0.1) is 5.92 Å². The van der Waals surface area contributed by atoms with Gasteiger partial charge in [-0.15, -0.1) is 0 Å². The standard InChI is InChI=1S/C10H12O2S/c11-10(12)9(7-13)6-8-4-2-1-3-5-8/h1-5,9,13H,6-7H2,(H,11,12)/t9-/m0/s1. The van der Waals surface area contributed by atoms with Crippen molar-refractivity contribution in [3.8, 4) is 0 Å². The van der Waals surface area contributed by atoms with E-state index in [1.165, 1.54) is 0 Å². The minimum absolute atomic E-state index is 0.379. The average Bonchev–Trinajstić information content (AvgIpc) is 2.15. The van der Waals surface area contributed by atoms with E-state index in [4.69, 9.17) is 5.11 Å². The van der Waals surface area contributed by atoms with E-state index in [2.05, 4.69) is 12.6 Å². The van der Waals surface area contributed by atoms with Gasteiger partial charge >= 0.3 is 5.97 Å². The zero-order valence-electron chi connectivity index (χ0n) is 7.18. The number of aliphatic carboxylic acids is 1. The molecule has 1 aromatic carbocycles. The maximum absolute atomic E-state index is 10.7. The molecule has 70 valence electrons. The minimum atomic E-state index is -0.779. The summed E-state index contributed by atoms with van der Waals surface area (Å²) in [6.45, 7) is 0. The Morgan fingerprint density at radius 3 is 2.46 bits per heavy atom. The van der Waals surface area contributed by atoms with Crippen molar-refractivity contribution >= 4 is 18.6 Å². The molecule has 0 aliphatic heterocycles. The lowest BCUT2D eigenvalue weighted by Gasteiger charge is -2.08. The Morgan fingerprint density at radius 1 is 1.38 bits per heavy atom. The van der Waals surface area contributed by atoms with Crippen LogP contribution in [-0.4, -0.2) is 16.8 Å². The number of hydrogen-bond donors (Lipinski definition) is 2. The highest BCUT2D eigenvalue weighted by molar-refractivity contribution is 7.80. The molecule has 0 bridgehead atoms. The second-order valence-electron chi connectivity index (χ2n) is 2.91. The lowest BCUT2D eigenvalue weighted by molar-refractivity contribution is -0.140. The van der Waals surface area contributed by atoms with E-state index in [1.807, 2.05) is 30.3 Å². The molecule has 0 amide bonds. The third-order valence-electron chi connectivity index (χ3n) is 1.89. The van der Waals surface area contributed by atoms with E-state index in [-0.39, 0.29) is 5.92 Å². The van der Waals surface area contributed by atoms with Crippen molar-refractivity contribution in [1.29, 1.82) is 0 Å². The number of hydrogen-bond acceptors (Lipinski definition) is 2. The van der Waals surface area contributed by atoms with Gasteiger partial charge in [-0.1, -0.05) is 30.3 Å². The van der Waals surface area contributed by atoms with Gasteiger partial charge in [0.25, 0.3) is 0 Å². The quantitative estimate of drug-likeness (QED) is 0.721.